The van der Waals surface area contributed by atoms with Crippen LogP contribution in [0.25, 0.3) is 27.7 Å². The van der Waals surface area contributed by atoms with E-state index in [1.807, 2.05) is 34.9 Å². The van der Waals surface area contributed by atoms with E-state index in [0.29, 0.717) is 5.69 Å². The van der Waals surface area contributed by atoms with Gasteiger partial charge in [-0.2, -0.15) is 0 Å². The van der Waals surface area contributed by atoms with Crippen molar-refractivity contribution in [2.45, 2.75) is 20.5 Å². The number of methoxy groups -OCH3 is 1. The Morgan fingerprint density at radius 2 is 2.11 bits per heavy atom. The highest BCUT2D eigenvalue weighted by Gasteiger charge is 2.18. The molecule has 2 N–H and O–H groups in total. The lowest BCUT2D eigenvalue weighted by molar-refractivity contribution is 0.187. The summed E-state index contributed by atoms with van der Waals surface area (Å²) in [5.41, 5.74) is 3.95. The molecule has 0 radical (unpaired) electrons. The van der Waals surface area contributed by atoms with Crippen molar-refractivity contribution < 1.29 is 14.6 Å². The van der Waals surface area contributed by atoms with Gasteiger partial charge in [-0.05, 0) is 43.5 Å². The number of hydrogen-bond donors (Lipinski definition) is 2. The first-order valence-corrected chi connectivity index (χ1v) is 9.30. The summed E-state index contributed by atoms with van der Waals surface area (Å²) in [4.78, 5) is 18.8. The number of amides is 1. The summed E-state index contributed by atoms with van der Waals surface area (Å²) in [6.07, 6.45) is 1.40. The predicted octanol–water partition coefficient (Wildman–Crippen LogP) is 4.50. The van der Waals surface area contributed by atoms with Crippen molar-refractivity contribution in [3.8, 4) is 11.3 Å². The Bertz CT molecular complexity index is 1180. The van der Waals surface area contributed by atoms with Gasteiger partial charge in [0.15, 0.2) is 0 Å². The van der Waals surface area contributed by atoms with Gasteiger partial charge in [0.2, 0.25) is 0 Å². The average molecular weight is 381 g/mol. The van der Waals surface area contributed by atoms with E-state index in [1.54, 1.807) is 11.3 Å². The highest BCUT2D eigenvalue weighted by molar-refractivity contribution is 7.12. The second-order valence-corrected chi connectivity index (χ2v) is 7.78. The first-order chi connectivity index (χ1) is 13.0. The number of carbonyl (C=O) groups excluding carboxylic acids is 1. The van der Waals surface area contributed by atoms with Crippen LogP contribution in [-0.2, 0) is 11.3 Å². The van der Waals surface area contributed by atoms with E-state index in [-0.39, 0.29) is 6.61 Å². The minimum Gasteiger partial charge on any atom is -0.453 e. The molecule has 0 saturated heterocycles. The summed E-state index contributed by atoms with van der Waals surface area (Å²) >= 11 is 1.72. The van der Waals surface area contributed by atoms with Crippen LogP contribution in [0.3, 0.4) is 0 Å². The molecule has 1 aromatic carbocycles. The summed E-state index contributed by atoms with van der Waals surface area (Å²) in [5, 5.41) is 14.6. The van der Waals surface area contributed by atoms with E-state index in [1.165, 1.54) is 16.9 Å². The van der Waals surface area contributed by atoms with Crippen molar-refractivity contribution >= 4 is 39.5 Å². The standard InChI is InChI=1S/C20H19N3O3S/c1-11-8-15(12(2)27-11)18-17(10-24)23-7-6-13-4-5-14(21-20(25)26-3)9-16(13)19(23)22-18/h4-9,24H,10H2,1-3H3,(H,21,25). The zero-order chi connectivity index (χ0) is 19.1. The van der Waals surface area contributed by atoms with Gasteiger partial charge in [0.1, 0.15) is 5.65 Å². The number of pyridine rings is 1. The highest BCUT2D eigenvalue weighted by atomic mass is 32.1. The lowest BCUT2D eigenvalue weighted by atomic mass is 10.1. The molecule has 7 heteroatoms. The Balaban J connectivity index is 1.97. The fourth-order valence-corrected chi connectivity index (χ4v) is 4.27. The SMILES string of the molecule is COC(=O)Nc1ccc2ccn3c(CO)c(-c4cc(C)sc4C)nc3c2c1. The molecular formula is C20H19N3O3S. The molecule has 27 heavy (non-hydrogen) atoms. The number of aliphatic hydroxyl groups is 1. The summed E-state index contributed by atoms with van der Waals surface area (Å²) in [5.74, 6) is 0. The van der Waals surface area contributed by atoms with Crippen LogP contribution in [0.5, 0.6) is 0 Å². The normalized spacial score (nSPS) is 11.3. The molecule has 0 atom stereocenters. The van der Waals surface area contributed by atoms with E-state index in [0.717, 1.165) is 33.4 Å². The number of thiophene rings is 1. The molecule has 0 bridgehead atoms. The van der Waals surface area contributed by atoms with Gasteiger partial charge in [-0.1, -0.05) is 6.07 Å². The zero-order valence-electron chi connectivity index (χ0n) is 15.2. The Morgan fingerprint density at radius 1 is 1.30 bits per heavy atom. The molecule has 3 heterocycles. The molecule has 0 spiro atoms. The van der Waals surface area contributed by atoms with Gasteiger partial charge < -0.3 is 14.2 Å². The number of aryl methyl sites for hydroxylation is 2. The molecule has 0 unspecified atom stereocenters. The Kier molecular flexibility index (Phi) is 4.33. The number of carbonyl (C=O) groups is 1. The molecule has 0 aliphatic carbocycles. The molecule has 0 fully saturated rings. The second kappa shape index (κ2) is 6.68. The summed E-state index contributed by atoms with van der Waals surface area (Å²) in [6.45, 7) is 4.01. The molecular weight excluding hydrogens is 362 g/mol. The Hall–Kier alpha value is -2.90. The molecule has 4 aromatic rings. The van der Waals surface area contributed by atoms with E-state index < -0.39 is 6.09 Å². The van der Waals surface area contributed by atoms with Crippen molar-refractivity contribution in [1.82, 2.24) is 9.38 Å². The van der Waals surface area contributed by atoms with Crippen LogP contribution in [0.15, 0.2) is 36.5 Å². The summed E-state index contributed by atoms with van der Waals surface area (Å²) in [7, 11) is 1.33. The fourth-order valence-electron chi connectivity index (χ4n) is 3.35. The van der Waals surface area contributed by atoms with E-state index >= 15 is 0 Å². The predicted molar refractivity (Wildman–Crippen MR) is 107 cm³/mol. The van der Waals surface area contributed by atoms with E-state index in [9.17, 15) is 9.90 Å². The van der Waals surface area contributed by atoms with Gasteiger partial charge in [-0.3, -0.25) is 5.32 Å². The van der Waals surface area contributed by atoms with Gasteiger partial charge in [0, 0.05) is 32.6 Å². The molecule has 1 amide bonds. The van der Waals surface area contributed by atoms with Gasteiger partial charge in [0.05, 0.1) is 25.1 Å². The number of nitrogens with one attached hydrogen (secondary N) is 1. The number of fused-ring (bicyclic) bond motifs is 3. The van der Waals surface area contributed by atoms with Gasteiger partial charge in [-0.15, -0.1) is 11.3 Å². The van der Waals surface area contributed by atoms with Crippen LogP contribution in [0.1, 0.15) is 15.4 Å². The smallest absolute Gasteiger partial charge is 0.411 e. The number of benzene rings is 1. The van der Waals surface area contributed by atoms with Crippen LogP contribution in [0.2, 0.25) is 0 Å². The van der Waals surface area contributed by atoms with E-state index in [2.05, 4.69) is 30.0 Å². The molecule has 0 saturated carbocycles. The number of nitrogens with zero attached hydrogens (tertiary/aromatic N) is 2. The third-order valence-corrected chi connectivity index (χ3v) is 5.55. The van der Waals surface area contributed by atoms with Crippen LogP contribution < -0.4 is 5.32 Å². The second-order valence-electron chi connectivity index (χ2n) is 6.32. The third kappa shape index (κ3) is 2.94. The maximum absolute atomic E-state index is 11.5. The van der Waals surface area contributed by atoms with E-state index in [4.69, 9.17) is 4.98 Å². The number of aliphatic hydroxyl groups excluding tert-OH is 1. The topological polar surface area (TPSA) is 75.9 Å². The Morgan fingerprint density at radius 3 is 2.78 bits per heavy atom. The maximum atomic E-state index is 11.5. The number of hydrogen-bond acceptors (Lipinski definition) is 5. The van der Waals surface area contributed by atoms with Crippen LogP contribution in [-0.4, -0.2) is 27.7 Å². The molecule has 0 aliphatic heterocycles. The van der Waals surface area contributed by atoms with Gasteiger partial charge in [0.25, 0.3) is 0 Å². The number of anilines is 1. The van der Waals surface area contributed by atoms with Crippen LogP contribution in [0.4, 0.5) is 10.5 Å². The summed E-state index contributed by atoms with van der Waals surface area (Å²) in [6, 6.07) is 9.69. The first kappa shape index (κ1) is 17.5. The highest BCUT2D eigenvalue weighted by Crippen LogP contribution is 2.34. The summed E-state index contributed by atoms with van der Waals surface area (Å²) < 4.78 is 6.57. The maximum Gasteiger partial charge on any atom is 0.411 e. The average Bonchev–Trinajstić information content (AvgIpc) is 3.20. The van der Waals surface area contributed by atoms with Crippen molar-refractivity contribution in [2.24, 2.45) is 0 Å². The Labute approximate surface area is 160 Å². The number of imidazole rings is 1. The quantitative estimate of drug-likeness (QED) is 0.548. The van der Waals surface area contributed by atoms with Crippen molar-refractivity contribution in [2.75, 3.05) is 12.4 Å². The zero-order valence-corrected chi connectivity index (χ0v) is 16.1. The molecule has 0 aliphatic rings. The van der Waals surface area contributed by atoms with Gasteiger partial charge >= 0.3 is 6.09 Å². The lowest BCUT2D eigenvalue weighted by Gasteiger charge is -2.07. The number of aromatic nitrogens is 2. The molecule has 138 valence electrons. The largest absolute Gasteiger partial charge is 0.453 e. The van der Waals surface area contributed by atoms with Crippen molar-refractivity contribution in [3.63, 3.8) is 0 Å². The van der Waals surface area contributed by atoms with Crippen molar-refractivity contribution in [1.29, 1.82) is 0 Å². The number of rotatable bonds is 3. The first-order valence-electron chi connectivity index (χ1n) is 8.48. The minimum absolute atomic E-state index is 0.115. The molecule has 4 rings (SSSR count). The van der Waals surface area contributed by atoms with Crippen LogP contribution in [0, 0.1) is 13.8 Å². The lowest BCUT2D eigenvalue weighted by Crippen LogP contribution is -2.10. The number of ether oxygens (including phenoxy) is 1. The monoisotopic (exact) mass is 381 g/mol. The third-order valence-electron chi connectivity index (χ3n) is 4.59. The minimum atomic E-state index is -0.522. The fraction of sp³-hybridized carbons (Fsp3) is 0.200. The molecule has 6 nitrogen and oxygen atoms in total. The van der Waals surface area contributed by atoms with Crippen molar-refractivity contribution in [3.05, 3.63) is 52.0 Å². The van der Waals surface area contributed by atoms with Crippen LogP contribution >= 0.6 is 11.3 Å². The molecule has 3 aromatic heterocycles. The van der Waals surface area contributed by atoms with Gasteiger partial charge in [-0.25, -0.2) is 9.78 Å².